The molecule has 1 aromatic rings. The third-order valence-electron chi connectivity index (χ3n) is 5.99. The van der Waals surface area contributed by atoms with Gasteiger partial charge in [0.05, 0.1) is 5.69 Å². The zero-order chi connectivity index (χ0) is 18.7. The summed E-state index contributed by atoms with van der Waals surface area (Å²) in [5.74, 6) is 0.551. The van der Waals surface area contributed by atoms with Crippen LogP contribution >= 0.6 is 0 Å². The number of amides is 1. The van der Waals surface area contributed by atoms with Crippen LogP contribution in [0, 0.1) is 12.8 Å². The molecule has 0 spiro atoms. The van der Waals surface area contributed by atoms with Crippen molar-refractivity contribution in [3.8, 4) is 0 Å². The predicted octanol–water partition coefficient (Wildman–Crippen LogP) is 2.09. The number of likely N-dealkylation sites (tertiary alicyclic amines) is 1. The molecule has 1 unspecified atom stereocenters. The number of aliphatic hydroxyl groups is 1. The summed E-state index contributed by atoms with van der Waals surface area (Å²) < 4.78 is 1.81. The molecule has 1 amide bonds. The summed E-state index contributed by atoms with van der Waals surface area (Å²) in [4.78, 5) is 17.0. The van der Waals surface area contributed by atoms with Gasteiger partial charge in [-0.2, -0.15) is 5.10 Å². The van der Waals surface area contributed by atoms with Gasteiger partial charge in [-0.15, -0.1) is 0 Å². The van der Waals surface area contributed by atoms with E-state index in [0.29, 0.717) is 25.4 Å². The molecule has 1 aliphatic heterocycles. The fourth-order valence-corrected chi connectivity index (χ4v) is 4.66. The summed E-state index contributed by atoms with van der Waals surface area (Å²) in [6.45, 7) is 4.68. The second kappa shape index (κ2) is 8.09. The molecule has 146 valence electrons. The molecule has 1 aromatic heterocycles. The molecule has 2 fully saturated rings. The molecule has 1 aliphatic carbocycles. The summed E-state index contributed by atoms with van der Waals surface area (Å²) in [6, 6.07) is 0. The number of hydrogen-bond donors (Lipinski definition) is 1. The quantitative estimate of drug-likeness (QED) is 0.842. The lowest BCUT2D eigenvalue weighted by Crippen LogP contribution is -2.58. The van der Waals surface area contributed by atoms with Gasteiger partial charge < -0.3 is 10.0 Å². The largest absolute Gasteiger partial charge is 0.379 e. The molecular weight excluding hydrogens is 328 g/mol. The highest BCUT2D eigenvalue weighted by molar-refractivity contribution is 5.86. The number of piperidine rings is 1. The molecule has 1 atom stereocenters. The van der Waals surface area contributed by atoms with E-state index in [1.165, 1.54) is 32.1 Å². The third kappa shape index (κ3) is 4.46. The zero-order valence-electron chi connectivity index (χ0n) is 16.6. The summed E-state index contributed by atoms with van der Waals surface area (Å²) in [5.41, 5.74) is 0.888. The molecule has 0 aromatic carbocycles. The van der Waals surface area contributed by atoms with Crippen LogP contribution in [-0.2, 0) is 18.4 Å². The van der Waals surface area contributed by atoms with Crippen molar-refractivity contribution in [2.75, 3.05) is 26.7 Å². The van der Waals surface area contributed by atoms with Crippen LogP contribution in [0.4, 0.5) is 0 Å². The van der Waals surface area contributed by atoms with E-state index in [4.69, 9.17) is 0 Å². The highest BCUT2D eigenvalue weighted by atomic mass is 16.3. The molecule has 3 rings (SSSR count). The van der Waals surface area contributed by atoms with Gasteiger partial charge in [0.25, 0.3) is 5.91 Å². The highest BCUT2D eigenvalue weighted by Gasteiger charge is 2.43. The number of aryl methyl sites for hydroxylation is 2. The van der Waals surface area contributed by atoms with Crippen LogP contribution in [0.3, 0.4) is 0 Å². The Morgan fingerprint density at radius 3 is 2.69 bits per heavy atom. The van der Waals surface area contributed by atoms with Crippen molar-refractivity contribution in [3.05, 3.63) is 17.5 Å². The monoisotopic (exact) mass is 362 g/mol. The number of nitrogens with zero attached hydrogens (tertiary/aromatic N) is 4. The minimum absolute atomic E-state index is 0.0657. The van der Waals surface area contributed by atoms with Crippen LogP contribution in [0.1, 0.15) is 56.2 Å². The van der Waals surface area contributed by atoms with E-state index in [9.17, 15) is 9.90 Å². The Balaban J connectivity index is 1.59. The standard InChI is InChI=1S/C20H34N4O2/c1-16-18(14-23(3)21-16)13-22(2)15-20(26)10-7-11-24(19(20)25)12-17-8-5-4-6-9-17/h14,17,26H,4-13,15H2,1-3H3. The molecule has 26 heavy (non-hydrogen) atoms. The molecule has 6 nitrogen and oxygen atoms in total. The van der Waals surface area contributed by atoms with E-state index in [2.05, 4.69) is 5.10 Å². The Morgan fingerprint density at radius 1 is 1.31 bits per heavy atom. The first-order valence-corrected chi connectivity index (χ1v) is 10.1. The highest BCUT2D eigenvalue weighted by Crippen LogP contribution is 2.29. The second-order valence-electron chi connectivity index (χ2n) is 8.48. The van der Waals surface area contributed by atoms with Gasteiger partial charge in [-0.1, -0.05) is 19.3 Å². The van der Waals surface area contributed by atoms with E-state index in [1.54, 1.807) is 0 Å². The SMILES string of the molecule is Cc1nn(C)cc1CN(C)CC1(O)CCCN(CC2CCCCC2)C1=O. The Morgan fingerprint density at radius 2 is 2.04 bits per heavy atom. The van der Waals surface area contributed by atoms with E-state index >= 15 is 0 Å². The Hall–Kier alpha value is -1.40. The van der Waals surface area contributed by atoms with E-state index < -0.39 is 5.60 Å². The van der Waals surface area contributed by atoms with Gasteiger partial charge in [-0.05, 0) is 45.6 Å². The van der Waals surface area contributed by atoms with Crippen molar-refractivity contribution in [1.29, 1.82) is 0 Å². The fraction of sp³-hybridized carbons (Fsp3) is 0.800. The predicted molar refractivity (Wildman–Crippen MR) is 102 cm³/mol. The Kier molecular flexibility index (Phi) is 6.03. The molecule has 0 bridgehead atoms. The van der Waals surface area contributed by atoms with Gasteiger partial charge in [0.1, 0.15) is 0 Å². The van der Waals surface area contributed by atoms with Gasteiger partial charge in [0, 0.05) is 45.0 Å². The third-order valence-corrected chi connectivity index (χ3v) is 5.99. The topological polar surface area (TPSA) is 61.6 Å². The average Bonchev–Trinajstić information content (AvgIpc) is 2.90. The van der Waals surface area contributed by atoms with Crippen LogP contribution < -0.4 is 0 Å². The van der Waals surface area contributed by atoms with Crippen LogP contribution in [0.5, 0.6) is 0 Å². The summed E-state index contributed by atoms with van der Waals surface area (Å²) in [6.07, 6.45) is 9.79. The first kappa shape index (κ1) is 19.4. The number of likely N-dealkylation sites (N-methyl/N-ethyl adjacent to an activating group) is 1. The van der Waals surface area contributed by atoms with Crippen molar-refractivity contribution in [2.45, 2.75) is 64.0 Å². The lowest BCUT2D eigenvalue weighted by Gasteiger charge is -2.41. The van der Waals surface area contributed by atoms with E-state index in [0.717, 1.165) is 30.8 Å². The normalized spacial score (nSPS) is 25.3. The number of carbonyl (C=O) groups excluding carboxylic acids is 1. The van der Waals surface area contributed by atoms with Crippen molar-refractivity contribution < 1.29 is 9.90 Å². The number of hydrogen-bond acceptors (Lipinski definition) is 4. The van der Waals surface area contributed by atoms with Crippen molar-refractivity contribution in [3.63, 3.8) is 0 Å². The van der Waals surface area contributed by atoms with Gasteiger partial charge >= 0.3 is 0 Å². The lowest BCUT2D eigenvalue weighted by molar-refractivity contribution is -0.160. The maximum Gasteiger partial charge on any atom is 0.255 e. The minimum Gasteiger partial charge on any atom is -0.379 e. The van der Waals surface area contributed by atoms with Crippen molar-refractivity contribution in [1.82, 2.24) is 19.6 Å². The van der Waals surface area contributed by atoms with Crippen LogP contribution in [0.25, 0.3) is 0 Å². The molecule has 0 radical (unpaired) electrons. The number of aromatic nitrogens is 2. The first-order chi connectivity index (χ1) is 12.4. The minimum atomic E-state index is -1.25. The second-order valence-corrected chi connectivity index (χ2v) is 8.48. The molecule has 2 aliphatic rings. The zero-order valence-corrected chi connectivity index (χ0v) is 16.6. The fourth-order valence-electron chi connectivity index (χ4n) is 4.66. The number of rotatable bonds is 6. The maximum atomic E-state index is 13.0. The molecule has 2 heterocycles. The molecule has 1 saturated carbocycles. The first-order valence-electron chi connectivity index (χ1n) is 10.1. The van der Waals surface area contributed by atoms with Gasteiger partial charge in [-0.25, -0.2) is 0 Å². The summed E-state index contributed by atoms with van der Waals surface area (Å²) in [7, 11) is 3.88. The Labute approximate surface area is 157 Å². The Bertz CT molecular complexity index is 623. The maximum absolute atomic E-state index is 13.0. The average molecular weight is 363 g/mol. The van der Waals surface area contributed by atoms with Crippen LogP contribution in [0.2, 0.25) is 0 Å². The molecule has 6 heteroatoms. The number of carbonyl (C=O) groups is 1. The van der Waals surface area contributed by atoms with Crippen molar-refractivity contribution >= 4 is 5.91 Å². The van der Waals surface area contributed by atoms with E-state index in [-0.39, 0.29) is 5.91 Å². The van der Waals surface area contributed by atoms with Gasteiger partial charge in [0.15, 0.2) is 5.60 Å². The summed E-state index contributed by atoms with van der Waals surface area (Å²) >= 11 is 0. The smallest absolute Gasteiger partial charge is 0.255 e. The molecular formula is C20H34N4O2. The van der Waals surface area contributed by atoms with Gasteiger partial charge in [0.2, 0.25) is 0 Å². The van der Waals surface area contributed by atoms with Crippen LogP contribution in [0.15, 0.2) is 6.20 Å². The van der Waals surface area contributed by atoms with E-state index in [1.807, 2.05) is 41.7 Å². The molecule has 1 saturated heterocycles. The van der Waals surface area contributed by atoms with Crippen LogP contribution in [-0.4, -0.2) is 62.9 Å². The molecule has 1 N–H and O–H groups in total. The lowest BCUT2D eigenvalue weighted by atomic mass is 9.86. The summed E-state index contributed by atoms with van der Waals surface area (Å²) in [5, 5.41) is 15.5. The van der Waals surface area contributed by atoms with Gasteiger partial charge in [-0.3, -0.25) is 14.4 Å². The van der Waals surface area contributed by atoms with Crippen molar-refractivity contribution in [2.24, 2.45) is 13.0 Å².